The molecule has 3 aliphatic rings. The number of para-hydroxylation sites is 1. The van der Waals surface area contributed by atoms with Crippen LogP contribution in [0.4, 0.5) is 5.69 Å². The minimum atomic E-state index is -0.932. The Morgan fingerprint density at radius 1 is 1.31 bits per heavy atom. The quantitative estimate of drug-likeness (QED) is 0.705. The molecule has 2 saturated heterocycles. The van der Waals surface area contributed by atoms with Gasteiger partial charge in [-0.05, 0) is 52.1 Å². The van der Waals surface area contributed by atoms with Gasteiger partial charge in [-0.25, -0.2) is 0 Å². The number of amides is 3. The molecule has 3 aliphatic heterocycles. The number of rotatable bonds is 5. The van der Waals surface area contributed by atoms with Gasteiger partial charge in [0.15, 0.2) is 0 Å². The van der Waals surface area contributed by atoms with Crippen molar-refractivity contribution in [1.82, 2.24) is 15.5 Å². The molecule has 0 aromatic heterocycles. The molecule has 3 heterocycles. The zero-order valence-electron chi connectivity index (χ0n) is 17.4. The Hall–Kier alpha value is -2.41. The van der Waals surface area contributed by atoms with Crippen molar-refractivity contribution in [3.8, 4) is 0 Å². The third-order valence-electron chi connectivity index (χ3n) is 6.81. The van der Waals surface area contributed by atoms with E-state index < -0.39 is 17.0 Å². The molecule has 0 saturated carbocycles. The Labute approximate surface area is 171 Å². The lowest BCUT2D eigenvalue weighted by atomic mass is 9.77. The number of nitrogens with one attached hydrogen (secondary N) is 3. The molecule has 156 valence electrons. The van der Waals surface area contributed by atoms with E-state index in [0.29, 0.717) is 19.3 Å². The third-order valence-corrected chi connectivity index (χ3v) is 6.81. The van der Waals surface area contributed by atoms with Crippen LogP contribution in [0, 0.1) is 5.92 Å². The molecule has 1 spiro atoms. The van der Waals surface area contributed by atoms with E-state index in [1.807, 2.05) is 38.1 Å². The molecule has 1 aromatic carbocycles. The van der Waals surface area contributed by atoms with Gasteiger partial charge in [0.25, 0.3) is 0 Å². The molecule has 3 atom stereocenters. The molecule has 0 unspecified atom stereocenters. The summed E-state index contributed by atoms with van der Waals surface area (Å²) < 4.78 is 0. The molecule has 3 amide bonds. The molecular formula is C22H30N4O3. The molecule has 1 aromatic rings. The molecule has 3 N–H and O–H groups in total. The van der Waals surface area contributed by atoms with E-state index in [1.54, 1.807) is 7.05 Å². The van der Waals surface area contributed by atoms with Gasteiger partial charge in [0.05, 0.1) is 5.92 Å². The van der Waals surface area contributed by atoms with E-state index in [1.165, 1.54) is 0 Å². The first-order valence-corrected chi connectivity index (χ1v) is 10.5. The fourth-order valence-electron chi connectivity index (χ4n) is 5.41. The Balaban J connectivity index is 1.64. The Bertz CT molecular complexity index is 852. The summed E-state index contributed by atoms with van der Waals surface area (Å²) in [5.41, 5.74) is 0.255. The fraction of sp³-hybridized carbons (Fsp3) is 0.591. The maximum Gasteiger partial charge on any atom is 0.250 e. The highest BCUT2D eigenvalue weighted by atomic mass is 16.2. The summed E-state index contributed by atoms with van der Waals surface area (Å²) in [5.74, 6) is -0.690. The predicted molar refractivity (Wildman–Crippen MR) is 110 cm³/mol. The Kier molecular flexibility index (Phi) is 4.89. The van der Waals surface area contributed by atoms with Gasteiger partial charge in [-0.15, -0.1) is 0 Å². The smallest absolute Gasteiger partial charge is 0.250 e. The Morgan fingerprint density at radius 3 is 2.83 bits per heavy atom. The number of hydrogen-bond donors (Lipinski definition) is 3. The second kappa shape index (κ2) is 7.13. The molecule has 2 fully saturated rings. The van der Waals surface area contributed by atoms with E-state index in [9.17, 15) is 14.4 Å². The highest BCUT2D eigenvalue weighted by Gasteiger charge is 2.65. The monoisotopic (exact) mass is 398 g/mol. The summed E-state index contributed by atoms with van der Waals surface area (Å²) >= 11 is 0. The largest absolute Gasteiger partial charge is 0.359 e. The molecule has 0 radical (unpaired) electrons. The number of carbonyl (C=O) groups excluding carboxylic acids is 3. The average Bonchev–Trinajstić information content (AvgIpc) is 3.34. The van der Waals surface area contributed by atoms with Crippen LogP contribution < -0.4 is 16.0 Å². The van der Waals surface area contributed by atoms with Crippen molar-refractivity contribution in [3.05, 3.63) is 29.8 Å². The van der Waals surface area contributed by atoms with Crippen molar-refractivity contribution in [1.29, 1.82) is 0 Å². The van der Waals surface area contributed by atoms with Crippen LogP contribution in [-0.2, 0) is 19.9 Å². The molecule has 4 rings (SSSR count). The zero-order valence-corrected chi connectivity index (χ0v) is 17.4. The molecule has 7 nitrogen and oxygen atoms in total. The lowest BCUT2D eigenvalue weighted by molar-refractivity contribution is -0.138. The lowest BCUT2D eigenvalue weighted by Gasteiger charge is -2.38. The number of carbonyl (C=O) groups is 3. The first-order valence-electron chi connectivity index (χ1n) is 10.5. The lowest BCUT2D eigenvalue weighted by Crippen LogP contribution is -2.56. The molecule has 7 heteroatoms. The molecular weight excluding hydrogens is 368 g/mol. The van der Waals surface area contributed by atoms with Crippen LogP contribution in [0.25, 0.3) is 0 Å². The fourth-order valence-corrected chi connectivity index (χ4v) is 5.41. The van der Waals surface area contributed by atoms with Gasteiger partial charge in [0.1, 0.15) is 5.54 Å². The summed E-state index contributed by atoms with van der Waals surface area (Å²) in [6.07, 6.45) is 3.62. The van der Waals surface area contributed by atoms with Crippen LogP contribution in [0.2, 0.25) is 0 Å². The van der Waals surface area contributed by atoms with E-state index in [4.69, 9.17) is 0 Å². The van der Waals surface area contributed by atoms with Gasteiger partial charge in [-0.2, -0.15) is 0 Å². The van der Waals surface area contributed by atoms with Gasteiger partial charge in [-0.3, -0.25) is 19.3 Å². The summed E-state index contributed by atoms with van der Waals surface area (Å²) in [7, 11) is 1.61. The highest BCUT2D eigenvalue weighted by molar-refractivity contribution is 6.09. The summed E-state index contributed by atoms with van der Waals surface area (Å²) in [6.45, 7) is 4.69. The summed E-state index contributed by atoms with van der Waals surface area (Å²) in [6, 6.07) is 7.98. The summed E-state index contributed by atoms with van der Waals surface area (Å²) in [5, 5.41) is 8.79. The van der Waals surface area contributed by atoms with Gasteiger partial charge < -0.3 is 16.0 Å². The van der Waals surface area contributed by atoms with Crippen LogP contribution in [0.5, 0.6) is 0 Å². The Morgan fingerprint density at radius 2 is 2.07 bits per heavy atom. The number of benzene rings is 1. The van der Waals surface area contributed by atoms with Crippen molar-refractivity contribution in [2.75, 3.05) is 18.9 Å². The maximum absolute atomic E-state index is 13.5. The van der Waals surface area contributed by atoms with Gasteiger partial charge in [-0.1, -0.05) is 18.2 Å². The first-order chi connectivity index (χ1) is 13.8. The van der Waals surface area contributed by atoms with Crippen LogP contribution >= 0.6 is 0 Å². The highest BCUT2D eigenvalue weighted by Crippen LogP contribution is 2.55. The second-order valence-corrected chi connectivity index (χ2v) is 9.09. The van der Waals surface area contributed by atoms with Crippen LogP contribution in [0.3, 0.4) is 0 Å². The van der Waals surface area contributed by atoms with Crippen molar-refractivity contribution >= 4 is 23.4 Å². The van der Waals surface area contributed by atoms with Gasteiger partial charge in [0.2, 0.25) is 17.7 Å². The van der Waals surface area contributed by atoms with E-state index >= 15 is 0 Å². The van der Waals surface area contributed by atoms with E-state index in [-0.39, 0.29) is 23.8 Å². The maximum atomic E-state index is 13.5. The summed E-state index contributed by atoms with van der Waals surface area (Å²) in [4.78, 5) is 40.7. The van der Waals surface area contributed by atoms with Crippen LogP contribution in [-0.4, -0.2) is 47.8 Å². The van der Waals surface area contributed by atoms with E-state index in [2.05, 4.69) is 20.9 Å². The average molecular weight is 399 g/mol. The van der Waals surface area contributed by atoms with Gasteiger partial charge in [0, 0.05) is 36.3 Å². The molecule has 0 aliphatic carbocycles. The number of hydrogen-bond acceptors (Lipinski definition) is 4. The normalized spacial score (nSPS) is 28.2. The first kappa shape index (κ1) is 19.9. The van der Waals surface area contributed by atoms with Crippen LogP contribution in [0.1, 0.15) is 51.5 Å². The van der Waals surface area contributed by atoms with Crippen molar-refractivity contribution < 1.29 is 14.4 Å². The number of anilines is 1. The minimum Gasteiger partial charge on any atom is -0.359 e. The molecule has 0 bridgehead atoms. The second-order valence-electron chi connectivity index (χ2n) is 9.09. The van der Waals surface area contributed by atoms with Crippen molar-refractivity contribution in [2.24, 2.45) is 5.92 Å². The van der Waals surface area contributed by atoms with Crippen molar-refractivity contribution in [2.45, 2.75) is 63.1 Å². The topological polar surface area (TPSA) is 90.5 Å². The zero-order chi connectivity index (χ0) is 20.8. The SMILES string of the molecule is CNC(=O)CCC(C)(C)NC(=O)[C@H]1C[C@H]2CCCN2[C@]12C(=O)Nc1ccccc12. The predicted octanol–water partition coefficient (Wildman–Crippen LogP) is 1.74. The van der Waals surface area contributed by atoms with Crippen LogP contribution in [0.15, 0.2) is 24.3 Å². The number of nitrogens with zero attached hydrogens (tertiary/aromatic N) is 1. The standard InChI is InChI=1S/C22H30N4O3/c1-21(2,11-10-18(27)23-3)25-19(28)16-13-14-7-6-12-26(14)22(16)15-8-4-5-9-17(15)24-20(22)29/h4-5,8-9,14,16H,6-7,10-13H2,1-3H3,(H,23,27)(H,24,29)(H,25,28)/t14-,16-,22+/m1/s1. The van der Waals surface area contributed by atoms with E-state index in [0.717, 1.165) is 30.6 Å². The van der Waals surface area contributed by atoms with Crippen molar-refractivity contribution in [3.63, 3.8) is 0 Å². The number of fused-ring (bicyclic) bond motifs is 4. The minimum absolute atomic E-state index is 0.0469. The molecule has 29 heavy (non-hydrogen) atoms. The van der Waals surface area contributed by atoms with Gasteiger partial charge >= 0.3 is 0 Å². The third kappa shape index (κ3) is 3.12.